The summed E-state index contributed by atoms with van der Waals surface area (Å²) in [6.45, 7) is 2.01. The quantitative estimate of drug-likeness (QED) is 0.758. The lowest BCUT2D eigenvalue weighted by atomic mass is 10.0. The van der Waals surface area contributed by atoms with Crippen molar-refractivity contribution in [3.8, 4) is 0 Å². The smallest absolute Gasteiger partial charge is 0.262 e. The lowest BCUT2D eigenvalue weighted by Gasteiger charge is -2.37. The van der Waals surface area contributed by atoms with Crippen LogP contribution < -0.4 is 15.1 Å². The van der Waals surface area contributed by atoms with Crippen molar-refractivity contribution in [3.05, 3.63) is 78.1 Å². The second-order valence-corrected chi connectivity index (χ2v) is 7.11. The van der Waals surface area contributed by atoms with Gasteiger partial charge in [-0.05, 0) is 37.1 Å². The molecule has 6 heteroatoms. The van der Waals surface area contributed by atoms with E-state index in [-0.39, 0.29) is 12.1 Å². The summed E-state index contributed by atoms with van der Waals surface area (Å²) in [5.74, 6) is 0.726. The molecule has 2 aliphatic rings. The van der Waals surface area contributed by atoms with Gasteiger partial charge in [-0.3, -0.25) is 9.69 Å². The first kappa shape index (κ1) is 16.7. The number of carbonyl (C=O) groups excluding carboxylic acids is 1. The van der Waals surface area contributed by atoms with Crippen molar-refractivity contribution in [2.75, 3.05) is 28.2 Å². The van der Waals surface area contributed by atoms with Crippen molar-refractivity contribution in [1.82, 2.24) is 9.97 Å². The molecule has 1 aromatic heterocycles. The molecule has 0 saturated carbocycles. The van der Waals surface area contributed by atoms with E-state index in [9.17, 15) is 4.79 Å². The average molecular weight is 371 g/mol. The predicted octanol–water partition coefficient (Wildman–Crippen LogP) is 3.85. The largest absolute Gasteiger partial charge is 0.360 e. The zero-order valence-electron chi connectivity index (χ0n) is 15.5. The molecule has 1 saturated heterocycles. The van der Waals surface area contributed by atoms with Crippen molar-refractivity contribution in [2.24, 2.45) is 0 Å². The summed E-state index contributed by atoms with van der Waals surface area (Å²) in [5.41, 5.74) is 3.18. The zero-order chi connectivity index (χ0) is 18.9. The van der Waals surface area contributed by atoms with E-state index in [4.69, 9.17) is 0 Å². The number of nitrogens with one attached hydrogen (secondary N) is 1. The van der Waals surface area contributed by atoms with Crippen LogP contribution >= 0.6 is 0 Å². The molecule has 1 amide bonds. The number of para-hydroxylation sites is 2. The number of rotatable bonds is 3. The highest BCUT2D eigenvalue weighted by molar-refractivity contribution is 6.12. The minimum absolute atomic E-state index is 0.0332. The highest BCUT2D eigenvalue weighted by Crippen LogP contribution is 2.36. The molecule has 2 aromatic carbocycles. The SMILES string of the molecule is O=C1c2ccccc2N[C@@H](c2cnc(N3CCCC3)nc2)N1c1ccccc1. The molecule has 3 aromatic rings. The molecule has 5 rings (SSSR count). The molecular weight excluding hydrogens is 350 g/mol. The van der Waals surface area contributed by atoms with Crippen molar-refractivity contribution in [1.29, 1.82) is 0 Å². The number of benzene rings is 2. The number of anilines is 3. The summed E-state index contributed by atoms with van der Waals surface area (Å²) >= 11 is 0. The van der Waals surface area contributed by atoms with E-state index in [2.05, 4.69) is 20.2 Å². The van der Waals surface area contributed by atoms with Crippen molar-refractivity contribution >= 4 is 23.2 Å². The van der Waals surface area contributed by atoms with E-state index in [1.807, 2.05) is 67.0 Å². The van der Waals surface area contributed by atoms with Gasteiger partial charge in [-0.15, -0.1) is 0 Å². The van der Waals surface area contributed by atoms with Crippen LogP contribution in [0.2, 0.25) is 0 Å². The molecule has 0 radical (unpaired) electrons. The fraction of sp³-hybridized carbons (Fsp3) is 0.227. The van der Waals surface area contributed by atoms with Crippen LogP contribution in [0.4, 0.5) is 17.3 Å². The Morgan fingerprint density at radius 2 is 1.57 bits per heavy atom. The number of hydrogen-bond acceptors (Lipinski definition) is 5. The van der Waals surface area contributed by atoms with E-state index in [0.717, 1.165) is 36.0 Å². The maximum absolute atomic E-state index is 13.3. The first-order chi connectivity index (χ1) is 13.8. The molecule has 1 N–H and O–H groups in total. The number of carbonyl (C=O) groups is 1. The van der Waals surface area contributed by atoms with Crippen LogP contribution in [-0.2, 0) is 0 Å². The van der Waals surface area contributed by atoms with E-state index in [0.29, 0.717) is 5.56 Å². The van der Waals surface area contributed by atoms with E-state index >= 15 is 0 Å². The summed E-state index contributed by atoms with van der Waals surface area (Å²) in [5, 5.41) is 3.49. The number of aromatic nitrogens is 2. The monoisotopic (exact) mass is 371 g/mol. The van der Waals surface area contributed by atoms with Gasteiger partial charge in [-0.25, -0.2) is 9.97 Å². The predicted molar refractivity (Wildman–Crippen MR) is 110 cm³/mol. The Balaban J connectivity index is 1.54. The third kappa shape index (κ3) is 2.87. The topological polar surface area (TPSA) is 61.4 Å². The van der Waals surface area contributed by atoms with Crippen LogP contribution in [0.25, 0.3) is 0 Å². The minimum atomic E-state index is -0.363. The van der Waals surface area contributed by atoms with Crippen LogP contribution in [0.1, 0.15) is 34.9 Å². The fourth-order valence-corrected chi connectivity index (χ4v) is 3.89. The van der Waals surface area contributed by atoms with E-state index in [1.165, 1.54) is 12.8 Å². The minimum Gasteiger partial charge on any atom is -0.360 e. The van der Waals surface area contributed by atoms with Crippen LogP contribution in [0, 0.1) is 0 Å². The van der Waals surface area contributed by atoms with Crippen molar-refractivity contribution < 1.29 is 4.79 Å². The Morgan fingerprint density at radius 3 is 2.32 bits per heavy atom. The van der Waals surface area contributed by atoms with Gasteiger partial charge in [-0.1, -0.05) is 30.3 Å². The lowest BCUT2D eigenvalue weighted by Crippen LogP contribution is -2.43. The third-order valence-electron chi connectivity index (χ3n) is 5.32. The zero-order valence-corrected chi connectivity index (χ0v) is 15.5. The van der Waals surface area contributed by atoms with Crippen molar-refractivity contribution in [3.63, 3.8) is 0 Å². The van der Waals surface area contributed by atoms with Gasteiger partial charge in [0.15, 0.2) is 0 Å². The Kier molecular flexibility index (Phi) is 4.16. The van der Waals surface area contributed by atoms with Gasteiger partial charge >= 0.3 is 0 Å². The maximum Gasteiger partial charge on any atom is 0.262 e. The lowest BCUT2D eigenvalue weighted by molar-refractivity contribution is 0.0975. The molecule has 0 bridgehead atoms. The number of nitrogens with zero attached hydrogens (tertiary/aromatic N) is 4. The second kappa shape index (κ2) is 6.96. The van der Waals surface area contributed by atoms with Crippen molar-refractivity contribution in [2.45, 2.75) is 19.0 Å². The standard InChI is InChI=1S/C22H21N5O/c28-21-18-10-4-5-11-19(18)25-20(27(21)17-8-2-1-3-9-17)16-14-23-22(24-15-16)26-12-6-7-13-26/h1-5,8-11,14-15,20,25H,6-7,12-13H2/t20-/m1/s1. The Hall–Kier alpha value is -3.41. The molecule has 1 atom stereocenters. The molecule has 0 spiro atoms. The Labute approximate surface area is 163 Å². The number of amides is 1. The highest BCUT2D eigenvalue weighted by atomic mass is 16.2. The van der Waals surface area contributed by atoms with Crippen LogP contribution in [0.3, 0.4) is 0 Å². The van der Waals surface area contributed by atoms with Gasteiger partial charge in [0.2, 0.25) is 5.95 Å². The van der Waals surface area contributed by atoms with Crippen LogP contribution in [0.15, 0.2) is 67.0 Å². The number of hydrogen-bond donors (Lipinski definition) is 1. The fourth-order valence-electron chi connectivity index (χ4n) is 3.89. The molecule has 0 unspecified atom stereocenters. The first-order valence-electron chi connectivity index (χ1n) is 9.62. The molecule has 3 heterocycles. The van der Waals surface area contributed by atoms with E-state index in [1.54, 1.807) is 4.90 Å². The van der Waals surface area contributed by atoms with Gasteiger partial charge in [0.1, 0.15) is 6.17 Å². The normalized spacial score (nSPS) is 18.7. The van der Waals surface area contributed by atoms with Gasteiger partial charge in [0.25, 0.3) is 5.91 Å². The summed E-state index contributed by atoms with van der Waals surface area (Å²) < 4.78 is 0. The van der Waals surface area contributed by atoms with Crippen LogP contribution in [-0.4, -0.2) is 29.0 Å². The first-order valence-corrected chi connectivity index (χ1v) is 9.62. The molecule has 0 aliphatic carbocycles. The molecular formula is C22H21N5O. The number of fused-ring (bicyclic) bond motifs is 1. The Bertz CT molecular complexity index is 983. The second-order valence-electron chi connectivity index (χ2n) is 7.11. The van der Waals surface area contributed by atoms with Gasteiger partial charge < -0.3 is 10.2 Å². The molecule has 28 heavy (non-hydrogen) atoms. The van der Waals surface area contributed by atoms with Gasteiger partial charge in [0.05, 0.1) is 5.56 Å². The maximum atomic E-state index is 13.3. The van der Waals surface area contributed by atoms with Gasteiger partial charge in [0, 0.05) is 42.4 Å². The molecule has 6 nitrogen and oxygen atoms in total. The van der Waals surface area contributed by atoms with E-state index < -0.39 is 0 Å². The third-order valence-corrected chi connectivity index (χ3v) is 5.32. The Morgan fingerprint density at radius 1 is 0.893 bits per heavy atom. The molecule has 2 aliphatic heterocycles. The molecule has 1 fully saturated rings. The summed E-state index contributed by atoms with van der Waals surface area (Å²) in [4.78, 5) is 26.5. The average Bonchev–Trinajstić information content (AvgIpc) is 3.29. The van der Waals surface area contributed by atoms with Crippen LogP contribution in [0.5, 0.6) is 0 Å². The summed E-state index contributed by atoms with van der Waals surface area (Å²) in [6.07, 6.45) is 5.66. The van der Waals surface area contributed by atoms with Gasteiger partial charge in [-0.2, -0.15) is 0 Å². The molecule has 140 valence electrons. The summed E-state index contributed by atoms with van der Waals surface area (Å²) in [7, 11) is 0. The highest BCUT2D eigenvalue weighted by Gasteiger charge is 2.34. The summed E-state index contributed by atoms with van der Waals surface area (Å²) in [6, 6.07) is 17.3.